The van der Waals surface area contributed by atoms with E-state index in [1.54, 1.807) is 6.07 Å². The molecule has 1 aliphatic rings. The number of nitrogens with two attached hydrogens (primary N) is 1. The Morgan fingerprint density at radius 2 is 2.07 bits per heavy atom. The summed E-state index contributed by atoms with van der Waals surface area (Å²) in [6, 6.07) is 3.36. The van der Waals surface area contributed by atoms with Gasteiger partial charge in [0, 0.05) is 0 Å². The SMILES string of the molecule is N[C@@H]1COCc2cccc(C(F)(F)F)c21. The van der Waals surface area contributed by atoms with Crippen molar-refractivity contribution in [2.75, 3.05) is 6.61 Å². The summed E-state index contributed by atoms with van der Waals surface area (Å²) >= 11 is 0. The molecule has 0 bridgehead atoms. The number of rotatable bonds is 0. The molecule has 0 aromatic heterocycles. The standard InChI is InChI=1S/C10H10F3NO/c11-10(12,13)7-3-1-2-6-4-15-5-8(14)9(6)7/h1-3,8H,4-5,14H2/t8-/m1/s1. The van der Waals surface area contributed by atoms with Gasteiger partial charge in [-0.1, -0.05) is 12.1 Å². The van der Waals surface area contributed by atoms with Gasteiger partial charge in [0.25, 0.3) is 0 Å². The first-order chi connectivity index (χ1) is 7.00. The largest absolute Gasteiger partial charge is 0.416 e. The molecule has 82 valence electrons. The average molecular weight is 217 g/mol. The number of alkyl halides is 3. The lowest BCUT2D eigenvalue weighted by Gasteiger charge is -2.26. The first-order valence-corrected chi connectivity index (χ1v) is 4.52. The van der Waals surface area contributed by atoms with Crippen LogP contribution in [0.25, 0.3) is 0 Å². The minimum absolute atomic E-state index is 0.139. The zero-order chi connectivity index (χ0) is 11.1. The van der Waals surface area contributed by atoms with E-state index in [9.17, 15) is 13.2 Å². The number of hydrogen-bond acceptors (Lipinski definition) is 2. The van der Waals surface area contributed by atoms with E-state index in [0.717, 1.165) is 6.07 Å². The van der Waals surface area contributed by atoms with Crippen molar-refractivity contribution in [1.29, 1.82) is 0 Å². The van der Waals surface area contributed by atoms with Gasteiger partial charge in [-0.3, -0.25) is 0 Å². The third kappa shape index (κ3) is 1.85. The molecule has 2 nitrogen and oxygen atoms in total. The number of ether oxygens (including phenoxy) is 1. The molecule has 1 aromatic rings. The van der Waals surface area contributed by atoms with Crippen LogP contribution in [0.1, 0.15) is 22.7 Å². The van der Waals surface area contributed by atoms with Gasteiger partial charge in [-0.05, 0) is 17.2 Å². The minimum Gasteiger partial charge on any atom is -0.375 e. The molecule has 2 N–H and O–H groups in total. The Morgan fingerprint density at radius 1 is 1.33 bits per heavy atom. The van der Waals surface area contributed by atoms with Crippen LogP contribution < -0.4 is 5.73 Å². The van der Waals surface area contributed by atoms with Crippen molar-refractivity contribution in [3.63, 3.8) is 0 Å². The van der Waals surface area contributed by atoms with E-state index in [4.69, 9.17) is 10.5 Å². The maximum atomic E-state index is 12.7. The highest BCUT2D eigenvalue weighted by atomic mass is 19.4. The lowest BCUT2D eigenvalue weighted by molar-refractivity contribution is -0.138. The third-order valence-electron chi connectivity index (χ3n) is 2.43. The Labute approximate surface area is 84.8 Å². The van der Waals surface area contributed by atoms with Crippen LogP contribution in [0.2, 0.25) is 0 Å². The van der Waals surface area contributed by atoms with Gasteiger partial charge in [-0.25, -0.2) is 0 Å². The smallest absolute Gasteiger partial charge is 0.375 e. The molecule has 5 heteroatoms. The second kappa shape index (κ2) is 3.50. The summed E-state index contributed by atoms with van der Waals surface area (Å²) in [7, 11) is 0. The molecule has 0 aliphatic carbocycles. The number of hydrogen-bond donors (Lipinski definition) is 1. The van der Waals surface area contributed by atoms with Crippen molar-refractivity contribution in [3.05, 3.63) is 34.9 Å². The highest BCUT2D eigenvalue weighted by Gasteiger charge is 2.36. The lowest BCUT2D eigenvalue weighted by atomic mass is 9.94. The van der Waals surface area contributed by atoms with Crippen LogP contribution in [0.15, 0.2) is 18.2 Å². The van der Waals surface area contributed by atoms with Crippen LogP contribution in [0.5, 0.6) is 0 Å². The van der Waals surface area contributed by atoms with Crippen molar-refractivity contribution >= 4 is 0 Å². The molecular weight excluding hydrogens is 207 g/mol. The molecule has 1 atom stereocenters. The Bertz CT molecular complexity index is 375. The summed E-state index contributed by atoms with van der Waals surface area (Å²) in [4.78, 5) is 0. The Kier molecular flexibility index (Phi) is 2.44. The van der Waals surface area contributed by atoms with Crippen molar-refractivity contribution < 1.29 is 17.9 Å². The maximum Gasteiger partial charge on any atom is 0.416 e. The van der Waals surface area contributed by atoms with Crippen LogP contribution >= 0.6 is 0 Å². The zero-order valence-corrected chi connectivity index (χ0v) is 7.84. The van der Waals surface area contributed by atoms with Gasteiger partial charge >= 0.3 is 6.18 Å². The van der Waals surface area contributed by atoms with Crippen molar-refractivity contribution in [1.82, 2.24) is 0 Å². The van der Waals surface area contributed by atoms with Gasteiger partial charge in [0.15, 0.2) is 0 Å². The normalized spacial score (nSPS) is 21.2. The van der Waals surface area contributed by atoms with Crippen LogP contribution in [0, 0.1) is 0 Å². The van der Waals surface area contributed by atoms with E-state index in [1.807, 2.05) is 0 Å². The fourth-order valence-electron chi connectivity index (χ4n) is 1.80. The van der Waals surface area contributed by atoms with Crippen molar-refractivity contribution in [2.24, 2.45) is 5.73 Å². The van der Waals surface area contributed by atoms with E-state index in [2.05, 4.69) is 0 Å². The molecule has 0 saturated heterocycles. The predicted octanol–water partition coefficient (Wildman–Crippen LogP) is 2.24. The monoisotopic (exact) mass is 217 g/mol. The zero-order valence-electron chi connectivity index (χ0n) is 7.84. The Balaban J connectivity index is 2.57. The highest BCUT2D eigenvalue weighted by molar-refractivity contribution is 5.40. The fourth-order valence-corrected chi connectivity index (χ4v) is 1.80. The van der Waals surface area contributed by atoms with Crippen LogP contribution in [-0.2, 0) is 17.5 Å². The van der Waals surface area contributed by atoms with E-state index < -0.39 is 17.8 Å². The molecule has 1 heterocycles. The van der Waals surface area contributed by atoms with Gasteiger partial charge in [-0.2, -0.15) is 13.2 Å². The molecule has 0 amide bonds. The number of halogens is 3. The molecule has 0 unspecified atom stereocenters. The Morgan fingerprint density at radius 3 is 2.73 bits per heavy atom. The van der Waals surface area contributed by atoms with E-state index in [0.29, 0.717) is 5.56 Å². The molecule has 2 rings (SSSR count). The Hall–Kier alpha value is -1.07. The topological polar surface area (TPSA) is 35.2 Å². The van der Waals surface area contributed by atoms with Gasteiger partial charge in [0.1, 0.15) is 0 Å². The van der Waals surface area contributed by atoms with Crippen molar-refractivity contribution in [3.8, 4) is 0 Å². The van der Waals surface area contributed by atoms with Gasteiger partial charge < -0.3 is 10.5 Å². The third-order valence-corrected chi connectivity index (χ3v) is 2.43. The van der Waals surface area contributed by atoms with E-state index in [-0.39, 0.29) is 18.8 Å². The van der Waals surface area contributed by atoms with Gasteiger partial charge in [-0.15, -0.1) is 0 Å². The first kappa shape index (κ1) is 10.4. The molecule has 0 radical (unpaired) electrons. The summed E-state index contributed by atoms with van der Waals surface area (Å²) in [5, 5.41) is 0. The van der Waals surface area contributed by atoms with E-state index in [1.165, 1.54) is 6.07 Å². The van der Waals surface area contributed by atoms with Crippen molar-refractivity contribution in [2.45, 2.75) is 18.8 Å². The molecular formula is C10H10F3NO. The number of fused-ring (bicyclic) bond motifs is 1. The van der Waals surface area contributed by atoms with Gasteiger partial charge in [0.05, 0.1) is 24.8 Å². The lowest BCUT2D eigenvalue weighted by Crippen LogP contribution is -2.27. The van der Waals surface area contributed by atoms with E-state index >= 15 is 0 Å². The van der Waals surface area contributed by atoms with Crippen LogP contribution in [-0.4, -0.2) is 6.61 Å². The maximum absolute atomic E-state index is 12.7. The summed E-state index contributed by atoms with van der Waals surface area (Å²) in [5.41, 5.74) is 5.68. The second-order valence-electron chi connectivity index (χ2n) is 3.50. The molecule has 15 heavy (non-hydrogen) atoms. The van der Waals surface area contributed by atoms with Crippen LogP contribution in [0.3, 0.4) is 0 Å². The minimum atomic E-state index is -4.35. The van der Waals surface area contributed by atoms with Crippen LogP contribution in [0.4, 0.5) is 13.2 Å². The quantitative estimate of drug-likeness (QED) is 0.723. The average Bonchev–Trinajstić information content (AvgIpc) is 2.16. The molecule has 0 saturated carbocycles. The highest BCUT2D eigenvalue weighted by Crippen LogP contribution is 2.37. The molecule has 1 aromatic carbocycles. The summed E-state index contributed by atoms with van der Waals surface area (Å²) in [5.74, 6) is 0. The predicted molar refractivity (Wildman–Crippen MR) is 48.0 cm³/mol. The molecule has 0 spiro atoms. The second-order valence-corrected chi connectivity index (χ2v) is 3.50. The summed E-state index contributed by atoms with van der Waals surface area (Å²) < 4.78 is 43.0. The fraction of sp³-hybridized carbons (Fsp3) is 0.400. The summed E-state index contributed by atoms with van der Waals surface area (Å²) in [6.07, 6.45) is -4.35. The van der Waals surface area contributed by atoms with Gasteiger partial charge in [0.2, 0.25) is 0 Å². The number of benzene rings is 1. The molecule has 1 aliphatic heterocycles. The molecule has 0 fully saturated rings. The summed E-state index contributed by atoms with van der Waals surface area (Å²) in [6.45, 7) is 0.340. The first-order valence-electron chi connectivity index (χ1n) is 4.52.